The Morgan fingerprint density at radius 2 is 1.87 bits per heavy atom. The third-order valence-corrected chi connectivity index (χ3v) is 7.20. The summed E-state index contributed by atoms with van der Waals surface area (Å²) < 4.78 is 53.9. The fourth-order valence-electron chi connectivity index (χ4n) is 2.97. The molecule has 31 heavy (non-hydrogen) atoms. The zero-order chi connectivity index (χ0) is 23.0. The van der Waals surface area contributed by atoms with Crippen LogP contribution in [0.5, 0.6) is 11.5 Å². The van der Waals surface area contributed by atoms with E-state index in [9.17, 15) is 36.6 Å². The Balaban J connectivity index is 1.82. The summed E-state index contributed by atoms with van der Waals surface area (Å²) in [6.45, 7) is -0.776. The highest BCUT2D eigenvalue weighted by atomic mass is 32.2. The molecule has 5 N–H and O–H groups in total. The number of carboxylic acid groups (broad SMARTS) is 1. The predicted molar refractivity (Wildman–Crippen MR) is 106 cm³/mol. The second-order valence-electron chi connectivity index (χ2n) is 6.45. The number of hydrogen-bond donors (Lipinski definition) is 5. The summed E-state index contributed by atoms with van der Waals surface area (Å²) in [5.41, 5.74) is -0.493. The number of hydrogen-bond acceptors (Lipinski definition) is 8. The van der Waals surface area contributed by atoms with E-state index in [0.717, 1.165) is 18.2 Å². The molecular weight excluding hydrogens is 454 g/mol. The number of carboxylic acids is 1. The largest absolute Gasteiger partial charge is 0.507 e. The number of rotatable bonds is 7. The highest BCUT2D eigenvalue weighted by Gasteiger charge is 2.36. The van der Waals surface area contributed by atoms with Crippen molar-refractivity contribution in [2.24, 2.45) is 0 Å². The van der Waals surface area contributed by atoms with E-state index in [1.165, 1.54) is 18.2 Å². The number of aromatic hydroxyl groups is 2. The predicted octanol–water partition coefficient (Wildman–Crippen LogP) is -0.502. The minimum absolute atomic E-state index is 0.0625. The van der Waals surface area contributed by atoms with Gasteiger partial charge in [0.15, 0.2) is 0 Å². The second-order valence-corrected chi connectivity index (χ2v) is 9.82. The fraction of sp³-hybridized carbons (Fsp3) is 0.176. The van der Waals surface area contributed by atoms with Gasteiger partial charge in [-0.2, -0.15) is 8.42 Å². The van der Waals surface area contributed by atoms with E-state index >= 15 is 0 Å². The number of nitrogens with zero attached hydrogens (tertiary/aromatic N) is 1. The lowest BCUT2D eigenvalue weighted by Gasteiger charge is -2.20. The molecule has 0 unspecified atom stereocenters. The number of phenolic OH excluding ortho intramolecular Hbond substituents is 1. The molecule has 1 fully saturated rings. The Labute approximate surface area is 177 Å². The highest BCUT2D eigenvalue weighted by molar-refractivity contribution is 7.92. The highest BCUT2D eigenvalue weighted by Crippen LogP contribution is 2.34. The Kier molecular flexibility index (Phi) is 5.80. The lowest BCUT2D eigenvalue weighted by molar-refractivity contribution is -0.117. The Bertz CT molecular complexity index is 1270. The number of phenols is 2. The van der Waals surface area contributed by atoms with Crippen LogP contribution >= 0.6 is 0 Å². The molecule has 0 saturated carbocycles. The standard InChI is InChI=1S/C17H17N3O9S2/c21-13-5-4-11(8-12(13)17(24)25)30(26,27)18-7-6-10-2-1-3-14(22)16(10)20-9-15(23)19-31(20,28)29/h1-5,8,18,21-22H,6-7,9H2,(H,19,23)(H,24,25). The van der Waals surface area contributed by atoms with Gasteiger partial charge in [0.25, 0.3) is 5.91 Å². The summed E-state index contributed by atoms with van der Waals surface area (Å²) in [6, 6.07) is 6.88. The van der Waals surface area contributed by atoms with Gasteiger partial charge in [-0.05, 0) is 36.2 Å². The number of carbonyl (C=O) groups excluding carboxylic acids is 1. The van der Waals surface area contributed by atoms with E-state index < -0.39 is 60.6 Å². The Morgan fingerprint density at radius 3 is 2.48 bits per heavy atom. The number of carbonyl (C=O) groups is 2. The quantitative estimate of drug-likeness (QED) is 0.354. The molecule has 12 nitrogen and oxygen atoms in total. The van der Waals surface area contributed by atoms with Gasteiger partial charge in [-0.15, -0.1) is 0 Å². The van der Waals surface area contributed by atoms with E-state index in [-0.39, 0.29) is 24.2 Å². The van der Waals surface area contributed by atoms with Gasteiger partial charge in [0.2, 0.25) is 10.0 Å². The van der Waals surface area contributed by atoms with Crippen molar-refractivity contribution in [3.8, 4) is 11.5 Å². The van der Waals surface area contributed by atoms with Gasteiger partial charge >= 0.3 is 16.2 Å². The first-order valence-corrected chi connectivity index (χ1v) is 11.5. The van der Waals surface area contributed by atoms with Gasteiger partial charge in [0.1, 0.15) is 23.6 Å². The van der Waals surface area contributed by atoms with Crippen molar-refractivity contribution in [3.63, 3.8) is 0 Å². The Morgan fingerprint density at radius 1 is 1.16 bits per heavy atom. The van der Waals surface area contributed by atoms with E-state index in [4.69, 9.17) is 5.11 Å². The second kappa shape index (κ2) is 8.05. The molecule has 2 aromatic rings. The number of benzene rings is 2. The molecule has 2 aromatic carbocycles. The summed E-state index contributed by atoms with van der Waals surface area (Å²) in [7, 11) is -8.35. The molecular formula is C17H17N3O9S2. The Hall–Kier alpha value is -3.36. The van der Waals surface area contributed by atoms with Crippen molar-refractivity contribution in [2.75, 3.05) is 17.4 Å². The summed E-state index contributed by atoms with van der Waals surface area (Å²) >= 11 is 0. The van der Waals surface area contributed by atoms with Crippen molar-refractivity contribution in [2.45, 2.75) is 11.3 Å². The van der Waals surface area contributed by atoms with Gasteiger partial charge in [-0.3, -0.25) is 4.79 Å². The van der Waals surface area contributed by atoms with E-state index in [1.807, 2.05) is 0 Å². The third kappa shape index (κ3) is 4.55. The first kappa shape index (κ1) is 22.3. The summed E-state index contributed by atoms with van der Waals surface area (Å²) in [6.07, 6.45) is -0.0625. The maximum absolute atomic E-state index is 12.5. The topological polar surface area (TPSA) is 190 Å². The number of anilines is 1. The van der Waals surface area contributed by atoms with Gasteiger partial charge in [0, 0.05) is 6.54 Å². The molecule has 1 aliphatic heterocycles. The third-order valence-electron chi connectivity index (χ3n) is 4.36. The van der Waals surface area contributed by atoms with Crippen LogP contribution in [0, 0.1) is 0 Å². The number of para-hydroxylation sites is 1. The van der Waals surface area contributed by atoms with Crippen LogP contribution in [0.2, 0.25) is 0 Å². The molecule has 0 spiro atoms. The van der Waals surface area contributed by atoms with Gasteiger partial charge in [0.05, 0.1) is 10.6 Å². The number of sulfonamides is 1. The molecule has 166 valence electrons. The molecule has 14 heteroatoms. The zero-order valence-electron chi connectivity index (χ0n) is 15.6. The molecule has 3 rings (SSSR count). The van der Waals surface area contributed by atoms with Gasteiger partial charge in [-0.1, -0.05) is 12.1 Å². The lowest BCUT2D eigenvalue weighted by atomic mass is 10.1. The summed E-state index contributed by atoms with van der Waals surface area (Å²) in [5, 5.41) is 28.7. The van der Waals surface area contributed by atoms with Crippen LogP contribution in [0.1, 0.15) is 15.9 Å². The molecule has 1 heterocycles. The molecule has 1 saturated heterocycles. The monoisotopic (exact) mass is 471 g/mol. The molecule has 0 aliphatic carbocycles. The average molecular weight is 471 g/mol. The maximum atomic E-state index is 12.5. The van der Waals surface area contributed by atoms with Crippen LogP contribution in [-0.2, 0) is 31.4 Å². The molecule has 0 atom stereocenters. The molecule has 0 radical (unpaired) electrons. The van der Waals surface area contributed by atoms with Crippen LogP contribution in [-0.4, -0.2) is 57.1 Å². The van der Waals surface area contributed by atoms with Crippen molar-refractivity contribution < 1.29 is 41.7 Å². The van der Waals surface area contributed by atoms with E-state index in [0.29, 0.717) is 4.31 Å². The number of nitrogens with one attached hydrogen (secondary N) is 2. The number of amides is 1. The minimum Gasteiger partial charge on any atom is -0.507 e. The SMILES string of the molecule is O=C1CN(c2c(O)cccc2CCNS(=O)(=O)c2ccc(O)c(C(=O)O)c2)S(=O)(=O)N1. The first-order chi connectivity index (χ1) is 14.4. The maximum Gasteiger partial charge on any atom is 0.339 e. The molecule has 1 aliphatic rings. The summed E-state index contributed by atoms with van der Waals surface area (Å²) in [5.74, 6) is -3.29. The van der Waals surface area contributed by atoms with E-state index in [2.05, 4.69) is 4.72 Å². The lowest BCUT2D eigenvalue weighted by Crippen LogP contribution is -2.31. The van der Waals surface area contributed by atoms with Gasteiger partial charge < -0.3 is 15.3 Å². The average Bonchev–Trinajstić information content (AvgIpc) is 2.93. The van der Waals surface area contributed by atoms with Crippen LogP contribution in [0.15, 0.2) is 41.3 Å². The normalized spacial score (nSPS) is 15.6. The first-order valence-electron chi connectivity index (χ1n) is 8.62. The van der Waals surface area contributed by atoms with Crippen LogP contribution < -0.4 is 13.7 Å². The summed E-state index contributed by atoms with van der Waals surface area (Å²) in [4.78, 5) is 22.2. The van der Waals surface area contributed by atoms with Crippen molar-refractivity contribution in [3.05, 3.63) is 47.5 Å². The van der Waals surface area contributed by atoms with Crippen molar-refractivity contribution >= 4 is 37.8 Å². The number of aromatic carboxylic acids is 1. The van der Waals surface area contributed by atoms with Crippen LogP contribution in [0.4, 0.5) is 5.69 Å². The molecule has 0 aromatic heterocycles. The molecule has 1 amide bonds. The van der Waals surface area contributed by atoms with Crippen molar-refractivity contribution in [1.29, 1.82) is 0 Å². The molecule has 0 bridgehead atoms. The van der Waals surface area contributed by atoms with Crippen molar-refractivity contribution in [1.82, 2.24) is 9.44 Å². The fourth-order valence-corrected chi connectivity index (χ4v) is 5.23. The van der Waals surface area contributed by atoms with Crippen LogP contribution in [0.3, 0.4) is 0 Å². The van der Waals surface area contributed by atoms with E-state index in [1.54, 1.807) is 4.72 Å². The van der Waals surface area contributed by atoms with Gasteiger partial charge in [-0.25, -0.2) is 27.0 Å². The zero-order valence-corrected chi connectivity index (χ0v) is 17.3. The smallest absolute Gasteiger partial charge is 0.339 e. The van der Waals surface area contributed by atoms with Crippen LogP contribution in [0.25, 0.3) is 0 Å². The minimum atomic E-state index is -4.19.